The number of carbonyl (C=O) groups excluding carboxylic acids is 2. The summed E-state index contributed by atoms with van der Waals surface area (Å²) in [7, 11) is 1.47. The molecule has 168 valence electrons. The van der Waals surface area contributed by atoms with Crippen LogP contribution in [0.4, 0.5) is 0 Å². The normalized spacial score (nSPS) is 17.5. The smallest absolute Gasteiger partial charge is 0.296 e. The summed E-state index contributed by atoms with van der Waals surface area (Å²) < 4.78 is 5.15. The fourth-order valence-electron chi connectivity index (χ4n) is 3.71. The average Bonchev–Trinajstić information content (AvgIpc) is 3.06. The molecule has 1 N–H and O–H groups in total. The van der Waals surface area contributed by atoms with E-state index in [-0.39, 0.29) is 33.5 Å². The molecular formula is C24H17Cl3N2O4. The van der Waals surface area contributed by atoms with Gasteiger partial charge in [-0.25, -0.2) is 0 Å². The van der Waals surface area contributed by atoms with Gasteiger partial charge in [0.1, 0.15) is 11.5 Å². The molecule has 2 heterocycles. The number of aliphatic hydroxyl groups excluding tert-OH is 1. The van der Waals surface area contributed by atoms with E-state index in [9.17, 15) is 14.7 Å². The number of hydrogen-bond donors (Lipinski definition) is 1. The Balaban J connectivity index is 1.88. The molecule has 1 aliphatic heterocycles. The first-order valence-electron chi connectivity index (χ1n) is 9.79. The number of benzene rings is 2. The molecule has 1 saturated heterocycles. The Morgan fingerprint density at radius 1 is 1.03 bits per heavy atom. The summed E-state index contributed by atoms with van der Waals surface area (Å²) in [5, 5.41) is 12.0. The number of halogens is 3. The van der Waals surface area contributed by atoms with Gasteiger partial charge in [-0.1, -0.05) is 46.9 Å². The molecule has 1 aromatic heterocycles. The summed E-state index contributed by atoms with van der Waals surface area (Å²) in [4.78, 5) is 31.8. The van der Waals surface area contributed by atoms with Gasteiger partial charge in [0.2, 0.25) is 0 Å². The molecule has 3 aromatic rings. The third-order valence-corrected chi connectivity index (χ3v) is 6.32. The quantitative estimate of drug-likeness (QED) is 0.276. The van der Waals surface area contributed by atoms with Crippen molar-refractivity contribution in [2.75, 3.05) is 7.11 Å². The first kappa shape index (κ1) is 23.1. The zero-order valence-corrected chi connectivity index (χ0v) is 19.5. The van der Waals surface area contributed by atoms with Gasteiger partial charge in [0.05, 0.1) is 46.0 Å². The van der Waals surface area contributed by atoms with Gasteiger partial charge in [-0.15, -0.1) is 0 Å². The lowest BCUT2D eigenvalue weighted by Crippen LogP contribution is -2.29. The van der Waals surface area contributed by atoms with E-state index < -0.39 is 17.7 Å². The fraction of sp³-hybridized carbons (Fsp3) is 0.125. The molecule has 0 aliphatic carbocycles. The second-order valence-electron chi connectivity index (χ2n) is 7.27. The van der Waals surface area contributed by atoms with Crippen LogP contribution >= 0.6 is 34.8 Å². The van der Waals surface area contributed by atoms with E-state index in [1.807, 2.05) is 0 Å². The monoisotopic (exact) mass is 502 g/mol. The second-order valence-corrected chi connectivity index (χ2v) is 8.49. The van der Waals surface area contributed by atoms with E-state index in [0.717, 1.165) is 0 Å². The molecule has 1 unspecified atom stereocenters. The third-order valence-electron chi connectivity index (χ3n) is 5.28. The van der Waals surface area contributed by atoms with Crippen LogP contribution in [0.2, 0.25) is 15.1 Å². The Hall–Kier alpha value is -3.06. The maximum Gasteiger partial charge on any atom is 0.296 e. The maximum absolute atomic E-state index is 13.1. The van der Waals surface area contributed by atoms with Crippen LogP contribution in [-0.4, -0.2) is 33.8 Å². The van der Waals surface area contributed by atoms with Crippen molar-refractivity contribution in [2.24, 2.45) is 0 Å². The number of ether oxygens (including phenoxy) is 1. The van der Waals surface area contributed by atoms with Gasteiger partial charge >= 0.3 is 0 Å². The Morgan fingerprint density at radius 3 is 2.45 bits per heavy atom. The Labute approximate surface area is 205 Å². The van der Waals surface area contributed by atoms with E-state index in [2.05, 4.69) is 4.98 Å². The summed E-state index contributed by atoms with van der Waals surface area (Å²) in [6.07, 6.45) is 1.60. The Morgan fingerprint density at radius 2 is 1.82 bits per heavy atom. The number of ketones is 1. The summed E-state index contributed by atoms with van der Waals surface area (Å²) in [5.74, 6) is -1.55. The van der Waals surface area contributed by atoms with Crippen LogP contribution in [0.25, 0.3) is 5.76 Å². The minimum absolute atomic E-state index is 0.0521. The van der Waals surface area contributed by atoms with Gasteiger partial charge < -0.3 is 14.7 Å². The summed E-state index contributed by atoms with van der Waals surface area (Å²) >= 11 is 18.5. The van der Waals surface area contributed by atoms with Crippen molar-refractivity contribution in [3.05, 3.63) is 98.3 Å². The van der Waals surface area contributed by atoms with Gasteiger partial charge in [-0.05, 0) is 48.0 Å². The highest BCUT2D eigenvalue weighted by Crippen LogP contribution is 2.42. The second kappa shape index (κ2) is 9.43. The van der Waals surface area contributed by atoms with Crippen molar-refractivity contribution in [3.8, 4) is 5.75 Å². The zero-order chi connectivity index (χ0) is 23.7. The number of aliphatic hydroxyl groups is 1. The van der Waals surface area contributed by atoms with Crippen LogP contribution in [0.15, 0.2) is 66.4 Å². The lowest BCUT2D eigenvalue weighted by Gasteiger charge is -2.25. The highest BCUT2D eigenvalue weighted by molar-refractivity contribution is 6.47. The molecule has 0 radical (unpaired) electrons. The van der Waals surface area contributed by atoms with Crippen LogP contribution in [0.3, 0.4) is 0 Å². The number of carbonyl (C=O) groups is 2. The molecular weight excluding hydrogens is 487 g/mol. The lowest BCUT2D eigenvalue weighted by atomic mass is 9.95. The van der Waals surface area contributed by atoms with Gasteiger partial charge in [-0.3, -0.25) is 14.6 Å². The number of nitrogens with zero attached hydrogens (tertiary/aromatic N) is 2. The predicted molar refractivity (Wildman–Crippen MR) is 127 cm³/mol. The number of amides is 1. The maximum atomic E-state index is 13.1. The van der Waals surface area contributed by atoms with E-state index >= 15 is 0 Å². The SMILES string of the molecule is COc1ccc(/C(O)=C2/C(=O)C(=O)N(Cc3ccccn3)C2c2ccc(Cl)c(Cl)c2)cc1Cl. The van der Waals surface area contributed by atoms with Gasteiger partial charge in [0.25, 0.3) is 11.7 Å². The molecule has 1 amide bonds. The molecule has 33 heavy (non-hydrogen) atoms. The molecule has 4 rings (SSSR count). The van der Waals surface area contributed by atoms with E-state index in [1.54, 1.807) is 54.7 Å². The Bertz CT molecular complexity index is 1280. The first-order valence-corrected chi connectivity index (χ1v) is 10.9. The van der Waals surface area contributed by atoms with E-state index in [0.29, 0.717) is 22.0 Å². The van der Waals surface area contributed by atoms with Gasteiger partial charge in [0, 0.05) is 11.8 Å². The molecule has 1 aliphatic rings. The number of aromatic nitrogens is 1. The van der Waals surface area contributed by atoms with Crippen LogP contribution < -0.4 is 4.74 Å². The van der Waals surface area contributed by atoms with Crippen LogP contribution in [0.1, 0.15) is 22.9 Å². The van der Waals surface area contributed by atoms with Crippen molar-refractivity contribution in [2.45, 2.75) is 12.6 Å². The molecule has 0 spiro atoms. The number of Topliss-reactive ketones (excluding diaryl/α,β-unsaturated/α-hetero) is 1. The summed E-state index contributed by atoms with van der Waals surface area (Å²) in [6.45, 7) is 0.0521. The molecule has 2 aromatic carbocycles. The Kier molecular flexibility index (Phi) is 6.61. The average molecular weight is 504 g/mol. The molecule has 6 nitrogen and oxygen atoms in total. The number of methoxy groups -OCH3 is 1. The molecule has 1 atom stereocenters. The van der Waals surface area contributed by atoms with Crippen LogP contribution in [-0.2, 0) is 16.1 Å². The zero-order valence-electron chi connectivity index (χ0n) is 17.3. The predicted octanol–water partition coefficient (Wildman–Crippen LogP) is 5.67. The van der Waals surface area contributed by atoms with Crippen molar-refractivity contribution in [1.29, 1.82) is 0 Å². The van der Waals surface area contributed by atoms with Gasteiger partial charge in [0.15, 0.2) is 0 Å². The highest BCUT2D eigenvalue weighted by Gasteiger charge is 2.46. The van der Waals surface area contributed by atoms with Gasteiger partial charge in [-0.2, -0.15) is 0 Å². The standard InChI is InChI=1S/C24H17Cl3N2O4/c1-33-19-8-6-14(11-18(19)27)22(30)20-21(13-5-7-16(25)17(26)10-13)29(24(32)23(20)31)12-15-4-2-3-9-28-15/h2-11,21,30H,12H2,1H3/b22-20-. The first-order chi connectivity index (χ1) is 15.8. The van der Waals surface area contributed by atoms with Crippen molar-refractivity contribution < 1.29 is 19.4 Å². The summed E-state index contributed by atoms with van der Waals surface area (Å²) in [5.41, 5.74) is 1.27. The molecule has 1 fully saturated rings. The minimum atomic E-state index is -0.914. The van der Waals surface area contributed by atoms with Crippen molar-refractivity contribution >= 4 is 52.3 Å². The number of pyridine rings is 1. The fourth-order valence-corrected chi connectivity index (χ4v) is 4.27. The van der Waals surface area contributed by atoms with E-state index in [4.69, 9.17) is 39.5 Å². The van der Waals surface area contributed by atoms with Crippen molar-refractivity contribution in [3.63, 3.8) is 0 Å². The topological polar surface area (TPSA) is 79.7 Å². The number of rotatable bonds is 5. The molecule has 0 bridgehead atoms. The van der Waals surface area contributed by atoms with Crippen molar-refractivity contribution in [1.82, 2.24) is 9.88 Å². The molecule has 0 saturated carbocycles. The van der Waals surface area contributed by atoms with E-state index in [1.165, 1.54) is 18.1 Å². The van der Waals surface area contributed by atoms with Crippen LogP contribution in [0.5, 0.6) is 5.75 Å². The largest absolute Gasteiger partial charge is 0.507 e. The third kappa shape index (κ3) is 4.42. The minimum Gasteiger partial charge on any atom is -0.507 e. The number of likely N-dealkylation sites (tertiary alicyclic amines) is 1. The number of hydrogen-bond acceptors (Lipinski definition) is 5. The summed E-state index contributed by atoms with van der Waals surface area (Å²) in [6, 6.07) is 13.8. The lowest BCUT2D eigenvalue weighted by molar-refractivity contribution is -0.140. The van der Waals surface area contributed by atoms with Crippen LogP contribution in [0, 0.1) is 0 Å². The molecule has 9 heteroatoms. The highest BCUT2D eigenvalue weighted by atomic mass is 35.5.